The maximum atomic E-state index is 13.9. The fourth-order valence-corrected chi connectivity index (χ4v) is 3.16. The van der Waals surface area contributed by atoms with Gasteiger partial charge in [0.25, 0.3) is 0 Å². The standard InChI is InChI=1S/C13H18BrFN2/c1-9-8-17(7-6-12(9)16-2)13-10(14)4-3-5-11(13)15/h3-5,9,12,16H,6-8H2,1-2H3. The summed E-state index contributed by atoms with van der Waals surface area (Å²) in [5.41, 5.74) is 0.703. The summed E-state index contributed by atoms with van der Waals surface area (Å²) in [6, 6.07) is 5.69. The summed E-state index contributed by atoms with van der Waals surface area (Å²) in [6.07, 6.45) is 1.05. The molecule has 94 valence electrons. The highest BCUT2D eigenvalue weighted by atomic mass is 79.9. The van der Waals surface area contributed by atoms with Crippen molar-refractivity contribution in [1.82, 2.24) is 5.32 Å². The Labute approximate surface area is 110 Å². The van der Waals surface area contributed by atoms with E-state index in [1.165, 1.54) is 6.07 Å². The van der Waals surface area contributed by atoms with E-state index in [1.54, 1.807) is 6.07 Å². The van der Waals surface area contributed by atoms with Crippen LogP contribution in [0.1, 0.15) is 13.3 Å². The Morgan fingerprint density at radius 2 is 2.24 bits per heavy atom. The smallest absolute Gasteiger partial charge is 0.147 e. The first-order valence-electron chi connectivity index (χ1n) is 5.99. The van der Waals surface area contributed by atoms with Crippen LogP contribution in [-0.2, 0) is 0 Å². The van der Waals surface area contributed by atoms with Crippen molar-refractivity contribution >= 4 is 21.6 Å². The molecule has 2 atom stereocenters. The predicted octanol–water partition coefficient (Wildman–Crippen LogP) is 3.02. The van der Waals surface area contributed by atoms with E-state index in [2.05, 4.69) is 33.1 Å². The number of rotatable bonds is 2. The highest BCUT2D eigenvalue weighted by Gasteiger charge is 2.27. The molecule has 1 aromatic carbocycles. The van der Waals surface area contributed by atoms with Crippen LogP contribution in [0.15, 0.2) is 22.7 Å². The van der Waals surface area contributed by atoms with Gasteiger partial charge in [-0.3, -0.25) is 0 Å². The molecule has 2 nitrogen and oxygen atoms in total. The molecular formula is C13H18BrFN2. The topological polar surface area (TPSA) is 15.3 Å². The van der Waals surface area contributed by atoms with E-state index in [-0.39, 0.29) is 5.82 Å². The molecule has 0 bridgehead atoms. The lowest BCUT2D eigenvalue weighted by Crippen LogP contribution is -2.47. The molecule has 0 amide bonds. The third kappa shape index (κ3) is 2.63. The predicted molar refractivity (Wildman–Crippen MR) is 72.9 cm³/mol. The van der Waals surface area contributed by atoms with Gasteiger partial charge in [-0.25, -0.2) is 4.39 Å². The summed E-state index contributed by atoms with van der Waals surface area (Å²) in [4.78, 5) is 2.14. The van der Waals surface area contributed by atoms with Crippen molar-refractivity contribution in [3.63, 3.8) is 0 Å². The summed E-state index contributed by atoms with van der Waals surface area (Å²) in [7, 11) is 2.00. The second-order valence-corrected chi connectivity index (χ2v) is 5.53. The molecule has 1 saturated heterocycles. The monoisotopic (exact) mass is 300 g/mol. The quantitative estimate of drug-likeness (QED) is 0.903. The van der Waals surface area contributed by atoms with E-state index in [0.29, 0.717) is 17.6 Å². The normalized spacial score (nSPS) is 25.1. The van der Waals surface area contributed by atoms with Crippen molar-refractivity contribution in [3.8, 4) is 0 Å². The van der Waals surface area contributed by atoms with Gasteiger partial charge in [-0.1, -0.05) is 13.0 Å². The number of piperidine rings is 1. The Hall–Kier alpha value is -0.610. The number of halogens is 2. The fourth-order valence-electron chi connectivity index (χ4n) is 2.57. The Bertz CT molecular complexity index is 377. The number of anilines is 1. The van der Waals surface area contributed by atoms with Crippen LogP contribution in [0.2, 0.25) is 0 Å². The molecule has 0 saturated carbocycles. The third-order valence-corrected chi connectivity index (χ3v) is 4.17. The maximum absolute atomic E-state index is 13.9. The van der Waals surface area contributed by atoms with Gasteiger partial charge in [0, 0.05) is 23.6 Å². The van der Waals surface area contributed by atoms with E-state index in [0.717, 1.165) is 24.0 Å². The minimum absolute atomic E-state index is 0.144. The fraction of sp³-hybridized carbons (Fsp3) is 0.538. The molecule has 1 N–H and O–H groups in total. The first-order chi connectivity index (χ1) is 8.13. The highest BCUT2D eigenvalue weighted by Crippen LogP contribution is 2.32. The number of hydrogen-bond donors (Lipinski definition) is 1. The van der Waals surface area contributed by atoms with Crippen molar-refractivity contribution in [2.24, 2.45) is 5.92 Å². The summed E-state index contributed by atoms with van der Waals surface area (Å²) in [6.45, 7) is 4.00. The first-order valence-corrected chi connectivity index (χ1v) is 6.79. The molecule has 17 heavy (non-hydrogen) atoms. The van der Waals surface area contributed by atoms with Crippen LogP contribution in [0.3, 0.4) is 0 Å². The highest BCUT2D eigenvalue weighted by molar-refractivity contribution is 9.10. The Kier molecular flexibility index (Phi) is 4.05. The van der Waals surface area contributed by atoms with E-state index >= 15 is 0 Å². The van der Waals surface area contributed by atoms with Crippen LogP contribution in [0.4, 0.5) is 10.1 Å². The molecule has 0 radical (unpaired) electrons. The number of hydrogen-bond acceptors (Lipinski definition) is 2. The van der Waals surface area contributed by atoms with Crippen LogP contribution >= 0.6 is 15.9 Å². The van der Waals surface area contributed by atoms with Crippen LogP contribution in [0.5, 0.6) is 0 Å². The molecular weight excluding hydrogens is 283 g/mol. The zero-order chi connectivity index (χ0) is 12.4. The average Bonchev–Trinajstić information content (AvgIpc) is 2.29. The second kappa shape index (κ2) is 5.36. The van der Waals surface area contributed by atoms with E-state index in [1.807, 2.05) is 13.1 Å². The Morgan fingerprint density at radius 3 is 2.82 bits per heavy atom. The molecule has 1 aliphatic rings. The van der Waals surface area contributed by atoms with Crippen molar-refractivity contribution in [3.05, 3.63) is 28.5 Å². The van der Waals surface area contributed by atoms with Gasteiger partial charge in [0.2, 0.25) is 0 Å². The van der Waals surface area contributed by atoms with Crippen molar-refractivity contribution in [1.29, 1.82) is 0 Å². The summed E-state index contributed by atoms with van der Waals surface area (Å²) < 4.78 is 14.7. The first kappa shape index (κ1) is 12.8. The van der Waals surface area contributed by atoms with Crippen molar-refractivity contribution in [2.45, 2.75) is 19.4 Å². The molecule has 1 fully saturated rings. The summed E-state index contributed by atoms with van der Waals surface area (Å²) in [5.74, 6) is 0.384. The van der Waals surface area contributed by atoms with Gasteiger partial charge in [0.05, 0.1) is 5.69 Å². The van der Waals surface area contributed by atoms with Gasteiger partial charge in [-0.15, -0.1) is 0 Å². The SMILES string of the molecule is CNC1CCN(c2c(F)cccc2Br)CC1C. The van der Waals surface area contributed by atoms with Gasteiger partial charge in [-0.05, 0) is 47.4 Å². The third-order valence-electron chi connectivity index (χ3n) is 3.53. The van der Waals surface area contributed by atoms with Gasteiger partial charge < -0.3 is 10.2 Å². The Balaban J connectivity index is 2.19. The van der Waals surface area contributed by atoms with E-state index < -0.39 is 0 Å². The van der Waals surface area contributed by atoms with Crippen LogP contribution < -0.4 is 10.2 Å². The lowest BCUT2D eigenvalue weighted by Gasteiger charge is -2.38. The van der Waals surface area contributed by atoms with Gasteiger partial charge in [-0.2, -0.15) is 0 Å². The van der Waals surface area contributed by atoms with Crippen LogP contribution in [0, 0.1) is 11.7 Å². The minimum Gasteiger partial charge on any atom is -0.368 e. The van der Waals surface area contributed by atoms with E-state index in [4.69, 9.17) is 0 Å². The van der Waals surface area contributed by atoms with Gasteiger partial charge in [0.15, 0.2) is 0 Å². The maximum Gasteiger partial charge on any atom is 0.147 e. The molecule has 1 aromatic rings. The molecule has 0 spiro atoms. The molecule has 2 unspecified atom stereocenters. The van der Waals surface area contributed by atoms with Crippen LogP contribution in [-0.4, -0.2) is 26.2 Å². The van der Waals surface area contributed by atoms with Gasteiger partial charge >= 0.3 is 0 Å². The Morgan fingerprint density at radius 1 is 1.47 bits per heavy atom. The average molecular weight is 301 g/mol. The van der Waals surface area contributed by atoms with Crippen LogP contribution in [0.25, 0.3) is 0 Å². The van der Waals surface area contributed by atoms with Crippen molar-refractivity contribution in [2.75, 3.05) is 25.0 Å². The number of para-hydroxylation sites is 1. The molecule has 2 rings (SSSR count). The van der Waals surface area contributed by atoms with E-state index in [9.17, 15) is 4.39 Å². The molecule has 1 heterocycles. The minimum atomic E-state index is -0.144. The number of nitrogens with zero attached hydrogens (tertiary/aromatic N) is 1. The zero-order valence-electron chi connectivity index (χ0n) is 10.2. The number of nitrogens with one attached hydrogen (secondary N) is 1. The lowest BCUT2D eigenvalue weighted by atomic mass is 9.93. The molecule has 0 aromatic heterocycles. The van der Waals surface area contributed by atoms with Crippen molar-refractivity contribution < 1.29 is 4.39 Å². The lowest BCUT2D eigenvalue weighted by molar-refractivity contribution is 0.337. The second-order valence-electron chi connectivity index (χ2n) is 4.68. The summed E-state index contributed by atoms with van der Waals surface area (Å²) >= 11 is 3.44. The largest absolute Gasteiger partial charge is 0.368 e. The zero-order valence-corrected chi connectivity index (χ0v) is 11.8. The van der Waals surface area contributed by atoms with Gasteiger partial charge in [0.1, 0.15) is 5.82 Å². The molecule has 0 aliphatic carbocycles. The number of benzene rings is 1. The summed E-state index contributed by atoms with van der Waals surface area (Å²) in [5, 5.41) is 3.32. The molecule has 1 aliphatic heterocycles. The molecule has 4 heteroatoms.